The van der Waals surface area contributed by atoms with Gasteiger partial charge < -0.3 is 4.90 Å². The zero-order valence-electron chi connectivity index (χ0n) is 16.3. The van der Waals surface area contributed by atoms with E-state index in [0.717, 1.165) is 24.1 Å². The van der Waals surface area contributed by atoms with E-state index < -0.39 is 9.84 Å². The number of anilines is 1. The van der Waals surface area contributed by atoms with Crippen molar-refractivity contribution in [3.8, 4) is 0 Å². The van der Waals surface area contributed by atoms with Crippen molar-refractivity contribution in [3.63, 3.8) is 0 Å². The van der Waals surface area contributed by atoms with Crippen LogP contribution in [0.25, 0.3) is 0 Å². The second kappa shape index (κ2) is 6.64. The van der Waals surface area contributed by atoms with Gasteiger partial charge in [-0.05, 0) is 61.7 Å². The molecule has 1 atom stereocenters. The van der Waals surface area contributed by atoms with Crippen molar-refractivity contribution in [2.24, 2.45) is 0 Å². The highest BCUT2D eigenvalue weighted by Crippen LogP contribution is 2.36. The normalized spacial score (nSPS) is 18.9. The van der Waals surface area contributed by atoms with Crippen molar-refractivity contribution in [2.45, 2.75) is 35.6 Å². The lowest BCUT2D eigenvalue weighted by atomic mass is 9.95. The highest BCUT2D eigenvalue weighted by molar-refractivity contribution is 7.91. The Morgan fingerprint density at radius 3 is 2.47 bits per heavy atom. The lowest BCUT2D eigenvalue weighted by Gasteiger charge is -2.35. The average Bonchev–Trinajstić information content (AvgIpc) is 2.77. The number of sulfone groups is 1. The standard InChI is InChI=1S/C24H19NO4S/c1-15-10-11-16-6-2-4-8-20(16)25(15)24(27)17-12-13-19-22(14-17)30(28,29)21-9-5-3-7-18(21)23(19)26/h2-9,12-15H,10-11H2,1H3. The molecule has 150 valence electrons. The average molecular weight is 417 g/mol. The summed E-state index contributed by atoms with van der Waals surface area (Å²) in [7, 11) is -3.89. The molecule has 0 saturated carbocycles. The first-order valence-electron chi connectivity index (χ1n) is 9.84. The van der Waals surface area contributed by atoms with Crippen molar-refractivity contribution in [1.29, 1.82) is 0 Å². The summed E-state index contributed by atoms with van der Waals surface area (Å²) < 4.78 is 26.4. The highest BCUT2D eigenvalue weighted by Gasteiger charge is 2.36. The third kappa shape index (κ3) is 2.64. The summed E-state index contributed by atoms with van der Waals surface area (Å²) in [4.78, 5) is 27.9. The molecule has 6 heteroatoms. The number of hydrogen-bond donors (Lipinski definition) is 0. The Morgan fingerprint density at radius 2 is 1.63 bits per heavy atom. The zero-order chi connectivity index (χ0) is 21.0. The van der Waals surface area contributed by atoms with Crippen LogP contribution in [0.5, 0.6) is 0 Å². The fraction of sp³-hybridized carbons (Fsp3) is 0.167. The SMILES string of the molecule is CC1CCc2ccccc2N1C(=O)c1ccc2c(c1)S(=O)(=O)c1ccccc1C2=O. The number of hydrogen-bond acceptors (Lipinski definition) is 4. The summed E-state index contributed by atoms with van der Waals surface area (Å²) >= 11 is 0. The fourth-order valence-corrected chi connectivity index (χ4v) is 6.03. The molecule has 1 amide bonds. The molecule has 0 aliphatic carbocycles. The molecule has 0 bridgehead atoms. The number of carbonyl (C=O) groups excluding carboxylic acids is 2. The van der Waals surface area contributed by atoms with Gasteiger partial charge >= 0.3 is 0 Å². The number of carbonyl (C=O) groups is 2. The van der Waals surface area contributed by atoms with Gasteiger partial charge in [0.25, 0.3) is 5.91 Å². The Labute approximate surface area is 174 Å². The molecule has 3 aromatic rings. The van der Waals surface area contributed by atoms with Gasteiger partial charge in [-0.3, -0.25) is 9.59 Å². The predicted molar refractivity (Wildman–Crippen MR) is 113 cm³/mol. The van der Waals surface area contributed by atoms with Crippen LogP contribution in [0.4, 0.5) is 5.69 Å². The van der Waals surface area contributed by atoms with Crippen LogP contribution in [0.2, 0.25) is 0 Å². The minimum atomic E-state index is -3.89. The van der Waals surface area contributed by atoms with Gasteiger partial charge in [-0.25, -0.2) is 8.42 Å². The molecular weight excluding hydrogens is 398 g/mol. The monoisotopic (exact) mass is 417 g/mol. The smallest absolute Gasteiger partial charge is 0.258 e. The van der Waals surface area contributed by atoms with E-state index in [1.165, 1.54) is 24.3 Å². The van der Waals surface area contributed by atoms with Crippen LogP contribution in [0.15, 0.2) is 76.5 Å². The van der Waals surface area contributed by atoms with Gasteiger partial charge in [0.15, 0.2) is 5.78 Å². The minimum absolute atomic E-state index is 0.0104. The van der Waals surface area contributed by atoms with Gasteiger partial charge in [0, 0.05) is 28.4 Å². The van der Waals surface area contributed by atoms with Crippen molar-refractivity contribution < 1.29 is 18.0 Å². The number of aryl methyl sites for hydroxylation is 1. The van der Waals surface area contributed by atoms with Crippen LogP contribution < -0.4 is 4.90 Å². The molecule has 30 heavy (non-hydrogen) atoms. The van der Waals surface area contributed by atoms with E-state index in [-0.39, 0.29) is 44.2 Å². The fourth-order valence-electron chi connectivity index (χ4n) is 4.35. The molecule has 0 fully saturated rings. The highest BCUT2D eigenvalue weighted by atomic mass is 32.2. The molecule has 2 heterocycles. The summed E-state index contributed by atoms with van der Waals surface area (Å²) in [5, 5.41) is 0. The van der Waals surface area contributed by atoms with E-state index in [2.05, 4.69) is 0 Å². The minimum Gasteiger partial charge on any atom is -0.305 e. The summed E-state index contributed by atoms with van der Waals surface area (Å²) in [5.74, 6) is -0.606. The first-order valence-corrected chi connectivity index (χ1v) is 11.3. The molecular formula is C24H19NO4S. The predicted octanol–water partition coefficient (Wildman–Crippen LogP) is 4.05. The van der Waals surface area contributed by atoms with Crippen LogP contribution >= 0.6 is 0 Å². The van der Waals surface area contributed by atoms with Crippen molar-refractivity contribution in [1.82, 2.24) is 0 Å². The van der Waals surface area contributed by atoms with Crippen LogP contribution in [0.1, 0.15) is 45.2 Å². The summed E-state index contributed by atoms with van der Waals surface area (Å²) in [6.07, 6.45) is 1.73. The number of nitrogens with zero attached hydrogens (tertiary/aromatic N) is 1. The molecule has 0 saturated heterocycles. The largest absolute Gasteiger partial charge is 0.305 e. The summed E-state index contributed by atoms with van der Waals surface area (Å²) in [6.45, 7) is 1.99. The summed E-state index contributed by atoms with van der Waals surface area (Å²) in [6, 6.07) is 18.3. The van der Waals surface area contributed by atoms with Crippen molar-refractivity contribution >= 4 is 27.2 Å². The lowest BCUT2D eigenvalue weighted by molar-refractivity contribution is 0.0972. The molecule has 3 aromatic carbocycles. The van der Waals surface area contributed by atoms with Gasteiger partial charge in [0.1, 0.15) is 0 Å². The van der Waals surface area contributed by atoms with Gasteiger partial charge in [-0.15, -0.1) is 0 Å². The van der Waals surface area contributed by atoms with Crippen LogP contribution in [0.3, 0.4) is 0 Å². The quantitative estimate of drug-likeness (QED) is 0.469. The van der Waals surface area contributed by atoms with Gasteiger partial charge in [-0.2, -0.15) is 0 Å². The topological polar surface area (TPSA) is 71.5 Å². The van der Waals surface area contributed by atoms with Crippen LogP contribution in [-0.4, -0.2) is 26.2 Å². The zero-order valence-corrected chi connectivity index (χ0v) is 17.1. The Balaban J connectivity index is 1.63. The maximum atomic E-state index is 13.4. The maximum absolute atomic E-state index is 13.4. The maximum Gasteiger partial charge on any atom is 0.258 e. The third-order valence-electron chi connectivity index (χ3n) is 5.93. The van der Waals surface area contributed by atoms with Gasteiger partial charge in [0.05, 0.1) is 9.79 Å². The second-order valence-electron chi connectivity index (χ2n) is 7.73. The second-order valence-corrected chi connectivity index (χ2v) is 9.62. The molecule has 0 N–H and O–H groups in total. The number of amides is 1. The molecule has 0 spiro atoms. The number of fused-ring (bicyclic) bond motifs is 3. The van der Waals surface area contributed by atoms with Crippen molar-refractivity contribution in [2.75, 3.05) is 4.90 Å². The molecule has 1 unspecified atom stereocenters. The van der Waals surface area contributed by atoms with E-state index >= 15 is 0 Å². The first-order chi connectivity index (χ1) is 14.4. The van der Waals surface area contributed by atoms with Gasteiger partial charge in [-0.1, -0.05) is 30.3 Å². The third-order valence-corrected chi connectivity index (χ3v) is 7.78. The molecule has 0 aromatic heterocycles. The van der Waals surface area contributed by atoms with E-state index in [1.807, 2.05) is 31.2 Å². The number of ketones is 1. The van der Waals surface area contributed by atoms with E-state index in [9.17, 15) is 18.0 Å². The Kier molecular flexibility index (Phi) is 4.15. The Hall–Kier alpha value is -3.25. The van der Waals surface area contributed by atoms with Crippen LogP contribution in [-0.2, 0) is 16.3 Å². The van der Waals surface area contributed by atoms with Crippen molar-refractivity contribution in [3.05, 3.63) is 89.0 Å². The first kappa shape index (κ1) is 18.8. The molecule has 5 nitrogen and oxygen atoms in total. The molecule has 2 aliphatic heterocycles. The van der Waals surface area contributed by atoms with Crippen LogP contribution in [0, 0.1) is 0 Å². The lowest BCUT2D eigenvalue weighted by Crippen LogP contribution is -2.42. The van der Waals surface area contributed by atoms with Gasteiger partial charge in [0.2, 0.25) is 9.84 Å². The Morgan fingerprint density at radius 1 is 0.933 bits per heavy atom. The molecule has 5 rings (SSSR count). The number of rotatable bonds is 1. The number of benzene rings is 3. The Bertz CT molecular complexity index is 1330. The summed E-state index contributed by atoms with van der Waals surface area (Å²) in [5.41, 5.74) is 2.48. The van der Waals surface area contributed by atoms with E-state index in [0.29, 0.717) is 0 Å². The number of para-hydroxylation sites is 1. The van der Waals surface area contributed by atoms with E-state index in [4.69, 9.17) is 0 Å². The van der Waals surface area contributed by atoms with E-state index in [1.54, 1.807) is 23.1 Å². The molecule has 2 aliphatic rings. The molecule has 0 radical (unpaired) electrons.